The van der Waals surface area contributed by atoms with Crippen molar-refractivity contribution >= 4 is 34.8 Å². The van der Waals surface area contributed by atoms with Crippen LogP contribution in [0.4, 0.5) is 9.18 Å². The minimum atomic E-state index is -1.19. The maximum absolute atomic E-state index is 14.7. The SMILES string of the molecule is CC(C)(C)C(=O)OCN1C(=O)N[C@@H](c2cc3cc4c(c(F)c3o2)C(=O)NC4)C1=O. The molecule has 4 rings (SSSR count). The second-order valence-corrected chi connectivity index (χ2v) is 7.93. The number of nitrogens with zero attached hydrogens (tertiary/aromatic N) is 1. The molecule has 1 saturated heterocycles. The maximum atomic E-state index is 14.7. The molecule has 3 heterocycles. The summed E-state index contributed by atoms with van der Waals surface area (Å²) in [5, 5.41) is 5.33. The van der Waals surface area contributed by atoms with Crippen LogP contribution in [0.2, 0.25) is 0 Å². The summed E-state index contributed by atoms with van der Waals surface area (Å²) in [5.41, 5.74) is -0.557. The Hall–Kier alpha value is -3.43. The van der Waals surface area contributed by atoms with Gasteiger partial charge in [0.25, 0.3) is 11.8 Å². The van der Waals surface area contributed by atoms with Gasteiger partial charge in [-0.05, 0) is 38.5 Å². The van der Waals surface area contributed by atoms with E-state index < -0.39 is 47.8 Å². The van der Waals surface area contributed by atoms with Crippen molar-refractivity contribution in [2.45, 2.75) is 33.4 Å². The van der Waals surface area contributed by atoms with E-state index in [4.69, 9.17) is 9.15 Å². The van der Waals surface area contributed by atoms with Crippen LogP contribution in [0, 0.1) is 11.2 Å². The average Bonchev–Trinajstić information content (AvgIpc) is 3.29. The van der Waals surface area contributed by atoms with E-state index in [1.165, 1.54) is 6.07 Å². The Kier molecular flexibility index (Phi) is 4.10. The summed E-state index contributed by atoms with van der Waals surface area (Å²) >= 11 is 0. The fourth-order valence-electron chi connectivity index (χ4n) is 3.18. The highest BCUT2D eigenvalue weighted by Crippen LogP contribution is 2.33. The van der Waals surface area contributed by atoms with Crippen LogP contribution in [0.25, 0.3) is 11.0 Å². The molecule has 9 nitrogen and oxygen atoms in total. The zero-order valence-electron chi connectivity index (χ0n) is 15.9. The number of carbonyl (C=O) groups is 4. The lowest BCUT2D eigenvalue weighted by Gasteiger charge is -2.19. The van der Waals surface area contributed by atoms with Crippen molar-refractivity contribution in [1.29, 1.82) is 0 Å². The Labute approximate surface area is 164 Å². The van der Waals surface area contributed by atoms with Gasteiger partial charge in [0, 0.05) is 11.9 Å². The molecule has 1 fully saturated rings. The smallest absolute Gasteiger partial charge is 0.327 e. The van der Waals surface area contributed by atoms with Gasteiger partial charge in [0.2, 0.25) is 0 Å². The number of urea groups is 1. The van der Waals surface area contributed by atoms with Crippen molar-refractivity contribution in [2.24, 2.45) is 5.41 Å². The maximum Gasteiger partial charge on any atom is 0.327 e. The molecule has 0 radical (unpaired) electrons. The number of furan rings is 1. The first kappa shape index (κ1) is 18.9. The molecule has 2 aliphatic rings. The molecule has 0 unspecified atom stereocenters. The molecule has 0 aliphatic carbocycles. The summed E-state index contributed by atoms with van der Waals surface area (Å²) in [4.78, 5) is 49.2. The van der Waals surface area contributed by atoms with Crippen LogP contribution in [-0.2, 0) is 20.9 Å². The summed E-state index contributed by atoms with van der Waals surface area (Å²) in [5.74, 6) is -2.59. The molecule has 1 aromatic heterocycles. The summed E-state index contributed by atoms with van der Waals surface area (Å²) < 4.78 is 25.2. The molecule has 10 heteroatoms. The van der Waals surface area contributed by atoms with Gasteiger partial charge >= 0.3 is 12.0 Å². The van der Waals surface area contributed by atoms with Crippen LogP contribution >= 0.6 is 0 Å². The molecule has 152 valence electrons. The minimum absolute atomic E-state index is 0.0194. The fraction of sp³-hybridized carbons (Fsp3) is 0.368. The Balaban J connectivity index is 1.59. The van der Waals surface area contributed by atoms with E-state index in [1.807, 2.05) is 0 Å². The van der Waals surface area contributed by atoms with E-state index in [0.29, 0.717) is 10.9 Å². The van der Waals surface area contributed by atoms with Gasteiger partial charge in [-0.15, -0.1) is 0 Å². The lowest BCUT2D eigenvalue weighted by molar-refractivity contribution is -0.158. The number of hydrogen-bond acceptors (Lipinski definition) is 6. The number of ether oxygens (including phenoxy) is 1. The first-order valence-corrected chi connectivity index (χ1v) is 8.90. The van der Waals surface area contributed by atoms with Crippen molar-refractivity contribution in [3.8, 4) is 0 Å². The van der Waals surface area contributed by atoms with Crippen molar-refractivity contribution in [2.75, 3.05) is 6.73 Å². The molecular weight excluding hydrogens is 385 g/mol. The zero-order chi connectivity index (χ0) is 21.1. The molecular formula is C19H18FN3O6. The first-order valence-electron chi connectivity index (χ1n) is 8.90. The number of amides is 4. The van der Waals surface area contributed by atoms with E-state index in [1.54, 1.807) is 26.8 Å². The number of rotatable bonds is 3. The quantitative estimate of drug-likeness (QED) is 0.598. The van der Waals surface area contributed by atoms with Gasteiger partial charge in [-0.1, -0.05) is 0 Å². The summed E-state index contributed by atoms with van der Waals surface area (Å²) in [7, 11) is 0. The summed E-state index contributed by atoms with van der Waals surface area (Å²) in [6, 6.07) is 1.09. The number of imide groups is 1. The average molecular weight is 403 g/mol. The van der Waals surface area contributed by atoms with Crippen molar-refractivity contribution in [3.63, 3.8) is 0 Å². The number of benzene rings is 1. The largest absolute Gasteiger partial charge is 0.455 e. The van der Waals surface area contributed by atoms with Crippen molar-refractivity contribution < 1.29 is 32.7 Å². The van der Waals surface area contributed by atoms with Crippen LogP contribution in [0.1, 0.15) is 48.5 Å². The molecule has 29 heavy (non-hydrogen) atoms. The predicted octanol–water partition coefficient (Wildman–Crippen LogP) is 1.96. The highest BCUT2D eigenvalue weighted by atomic mass is 19.1. The van der Waals surface area contributed by atoms with Gasteiger partial charge in [-0.2, -0.15) is 0 Å². The van der Waals surface area contributed by atoms with Crippen molar-refractivity contribution in [1.82, 2.24) is 15.5 Å². The van der Waals surface area contributed by atoms with Crippen LogP contribution < -0.4 is 10.6 Å². The molecule has 1 atom stereocenters. The monoisotopic (exact) mass is 403 g/mol. The fourth-order valence-corrected chi connectivity index (χ4v) is 3.18. The van der Waals surface area contributed by atoms with Gasteiger partial charge < -0.3 is 19.8 Å². The molecule has 2 aliphatic heterocycles. The van der Waals surface area contributed by atoms with Gasteiger partial charge in [-0.3, -0.25) is 14.4 Å². The van der Waals surface area contributed by atoms with E-state index >= 15 is 0 Å². The number of fused-ring (bicyclic) bond motifs is 2. The number of carbonyl (C=O) groups excluding carboxylic acids is 4. The molecule has 0 spiro atoms. The van der Waals surface area contributed by atoms with E-state index in [9.17, 15) is 23.6 Å². The highest BCUT2D eigenvalue weighted by Gasteiger charge is 2.42. The van der Waals surface area contributed by atoms with Crippen molar-refractivity contribution in [3.05, 3.63) is 34.8 Å². The minimum Gasteiger partial charge on any atom is -0.455 e. The third-order valence-electron chi connectivity index (χ3n) is 4.76. The lowest BCUT2D eigenvalue weighted by atomic mass is 9.98. The summed E-state index contributed by atoms with van der Waals surface area (Å²) in [6.45, 7) is 4.59. The van der Waals surface area contributed by atoms with Crippen LogP contribution in [0.3, 0.4) is 0 Å². The van der Waals surface area contributed by atoms with Gasteiger partial charge in [-0.25, -0.2) is 14.1 Å². The Morgan fingerprint density at radius 3 is 2.72 bits per heavy atom. The number of nitrogens with one attached hydrogen (secondary N) is 2. The molecule has 2 N–H and O–H groups in total. The predicted molar refractivity (Wildman–Crippen MR) is 95.9 cm³/mol. The summed E-state index contributed by atoms with van der Waals surface area (Å²) in [6.07, 6.45) is 0. The Morgan fingerprint density at radius 1 is 1.31 bits per heavy atom. The normalized spacial score (nSPS) is 18.8. The number of hydrogen-bond donors (Lipinski definition) is 2. The third kappa shape index (κ3) is 3.00. The van der Waals surface area contributed by atoms with Gasteiger partial charge in [0.15, 0.2) is 24.2 Å². The van der Waals surface area contributed by atoms with E-state index in [0.717, 1.165) is 4.90 Å². The molecule has 4 amide bonds. The van der Waals surface area contributed by atoms with Gasteiger partial charge in [0.05, 0.1) is 11.0 Å². The molecule has 1 aromatic carbocycles. The highest BCUT2D eigenvalue weighted by molar-refractivity contribution is 6.05. The molecule has 0 bridgehead atoms. The second kappa shape index (κ2) is 6.29. The lowest BCUT2D eigenvalue weighted by Crippen LogP contribution is -2.36. The second-order valence-electron chi connectivity index (χ2n) is 7.93. The Bertz CT molecular complexity index is 1080. The number of halogens is 1. The van der Waals surface area contributed by atoms with E-state index in [-0.39, 0.29) is 23.5 Å². The third-order valence-corrected chi connectivity index (χ3v) is 4.76. The Morgan fingerprint density at radius 2 is 2.03 bits per heavy atom. The molecule has 2 aromatic rings. The van der Waals surface area contributed by atoms with E-state index in [2.05, 4.69) is 10.6 Å². The topological polar surface area (TPSA) is 118 Å². The first-order chi connectivity index (χ1) is 13.6. The van der Waals surface area contributed by atoms with Gasteiger partial charge in [0.1, 0.15) is 5.76 Å². The van der Waals surface area contributed by atoms with Crippen LogP contribution in [0.15, 0.2) is 16.5 Å². The number of esters is 1. The van der Waals surface area contributed by atoms with Crippen LogP contribution in [0.5, 0.6) is 0 Å². The molecule has 0 saturated carbocycles. The standard InChI is InChI=1S/C19H18FN3O6/c1-19(2,3)17(26)28-7-23-16(25)13(22-18(23)27)10-5-8-4-9-6-21-15(24)11(9)12(20)14(8)29-10/h4-5,13H,6-7H2,1-3H3,(H,21,24)(H,22,27)/t13-/m0/s1. The zero-order valence-corrected chi connectivity index (χ0v) is 15.9. The van der Waals surface area contributed by atoms with Crippen LogP contribution in [-0.4, -0.2) is 35.4 Å².